The van der Waals surface area contributed by atoms with Gasteiger partial charge < -0.3 is 5.32 Å². The molecule has 84 valence electrons. The summed E-state index contributed by atoms with van der Waals surface area (Å²) in [6, 6.07) is 2.31. The first-order chi connectivity index (χ1) is 6.98. The van der Waals surface area contributed by atoms with Gasteiger partial charge in [0.15, 0.2) is 0 Å². The van der Waals surface area contributed by atoms with Gasteiger partial charge in [0.05, 0.1) is 8.67 Å². The van der Waals surface area contributed by atoms with Crippen molar-refractivity contribution in [3.05, 3.63) is 20.3 Å². The second-order valence-corrected chi connectivity index (χ2v) is 7.69. The van der Waals surface area contributed by atoms with Crippen molar-refractivity contribution in [2.75, 3.05) is 11.5 Å². The third-order valence-corrected chi connectivity index (χ3v) is 5.38. The Balaban J connectivity index is 2.20. The van der Waals surface area contributed by atoms with Crippen molar-refractivity contribution in [3.63, 3.8) is 0 Å². The molecule has 0 spiro atoms. The summed E-state index contributed by atoms with van der Waals surface area (Å²) in [5.74, 6) is 2.20. The van der Waals surface area contributed by atoms with Gasteiger partial charge in [-0.05, 0) is 19.9 Å². The zero-order valence-corrected chi connectivity index (χ0v) is 11.8. The summed E-state index contributed by atoms with van der Waals surface area (Å²) in [4.78, 5) is 0. The van der Waals surface area contributed by atoms with E-state index in [1.54, 1.807) is 0 Å². The molecule has 15 heavy (non-hydrogen) atoms. The first-order valence-electron chi connectivity index (χ1n) is 4.78. The number of nitrogens with one attached hydrogen (secondary N) is 1. The molecule has 1 aliphatic heterocycles. The lowest BCUT2D eigenvalue weighted by Crippen LogP contribution is -2.48. The van der Waals surface area contributed by atoms with Crippen molar-refractivity contribution in [2.24, 2.45) is 0 Å². The second-order valence-electron chi connectivity index (χ2n) is 4.38. The minimum absolute atomic E-state index is 0.172. The maximum absolute atomic E-state index is 6.16. The van der Waals surface area contributed by atoms with Crippen molar-refractivity contribution in [3.8, 4) is 0 Å². The molecule has 0 saturated carbocycles. The minimum Gasteiger partial charge on any atom is -0.303 e. The number of halogens is 2. The van der Waals surface area contributed by atoms with Crippen LogP contribution in [0.4, 0.5) is 0 Å². The predicted octanol–water partition coefficient (Wildman–Crippen LogP) is 4.21. The molecule has 2 heterocycles. The molecule has 1 aliphatic rings. The molecule has 0 amide bonds. The summed E-state index contributed by atoms with van der Waals surface area (Å²) in [6.07, 6.45) is 0. The molecular weight excluding hydrogens is 269 g/mol. The number of rotatable bonds is 1. The van der Waals surface area contributed by atoms with E-state index in [1.165, 1.54) is 11.3 Å². The first kappa shape index (κ1) is 12.1. The van der Waals surface area contributed by atoms with Crippen LogP contribution in [0.3, 0.4) is 0 Å². The second kappa shape index (κ2) is 4.46. The van der Waals surface area contributed by atoms with Crippen molar-refractivity contribution < 1.29 is 0 Å². The highest BCUT2D eigenvalue weighted by Crippen LogP contribution is 2.38. The number of thiophene rings is 1. The zero-order chi connectivity index (χ0) is 11.1. The van der Waals surface area contributed by atoms with E-state index < -0.39 is 0 Å². The highest BCUT2D eigenvalue weighted by Gasteiger charge is 2.29. The van der Waals surface area contributed by atoms with Gasteiger partial charge in [-0.3, -0.25) is 0 Å². The van der Waals surface area contributed by atoms with E-state index >= 15 is 0 Å². The van der Waals surface area contributed by atoms with Gasteiger partial charge in [-0.15, -0.1) is 11.3 Å². The summed E-state index contributed by atoms with van der Waals surface area (Å²) >= 11 is 15.5. The smallest absolute Gasteiger partial charge is 0.0992 e. The molecule has 1 atom stereocenters. The average Bonchev–Trinajstić information content (AvgIpc) is 2.43. The molecule has 0 aliphatic carbocycles. The third-order valence-electron chi connectivity index (χ3n) is 2.37. The molecule has 1 nitrogen and oxygen atoms in total. The summed E-state index contributed by atoms with van der Waals surface area (Å²) < 4.78 is 1.58. The Bertz CT molecular complexity index is 362. The highest BCUT2D eigenvalue weighted by atomic mass is 35.5. The fourth-order valence-corrected chi connectivity index (χ4v) is 4.53. The molecule has 1 unspecified atom stereocenters. The van der Waals surface area contributed by atoms with Gasteiger partial charge in [0, 0.05) is 28.6 Å². The van der Waals surface area contributed by atoms with Crippen molar-refractivity contribution in [1.29, 1.82) is 0 Å². The van der Waals surface area contributed by atoms with Gasteiger partial charge in [-0.2, -0.15) is 11.8 Å². The topological polar surface area (TPSA) is 12.0 Å². The number of thioether (sulfide) groups is 1. The molecular formula is C10H13Cl2NS2. The molecule has 5 heteroatoms. The Kier molecular flexibility index (Phi) is 3.58. The predicted molar refractivity (Wildman–Crippen MR) is 71.6 cm³/mol. The number of hydrogen-bond donors (Lipinski definition) is 1. The molecule has 1 aromatic rings. The molecule has 2 rings (SSSR count). The molecule has 0 bridgehead atoms. The Morgan fingerprint density at radius 3 is 2.73 bits per heavy atom. The summed E-state index contributed by atoms with van der Waals surface area (Å²) in [7, 11) is 0. The maximum Gasteiger partial charge on any atom is 0.0992 e. The summed E-state index contributed by atoms with van der Waals surface area (Å²) in [5, 5.41) is 3.61. The lowest BCUT2D eigenvalue weighted by molar-refractivity contribution is 0.376. The van der Waals surface area contributed by atoms with E-state index in [9.17, 15) is 0 Å². The fourth-order valence-electron chi connectivity index (χ4n) is 1.75. The highest BCUT2D eigenvalue weighted by molar-refractivity contribution is 7.99. The van der Waals surface area contributed by atoms with E-state index in [0.717, 1.165) is 25.7 Å². The van der Waals surface area contributed by atoms with Gasteiger partial charge >= 0.3 is 0 Å². The van der Waals surface area contributed by atoms with Gasteiger partial charge in [0.1, 0.15) is 0 Å². The van der Waals surface area contributed by atoms with E-state index in [0.29, 0.717) is 6.04 Å². The largest absolute Gasteiger partial charge is 0.303 e. The van der Waals surface area contributed by atoms with Crippen LogP contribution in [0.5, 0.6) is 0 Å². The van der Waals surface area contributed by atoms with Crippen LogP contribution in [0.2, 0.25) is 8.67 Å². The van der Waals surface area contributed by atoms with E-state index in [1.807, 2.05) is 17.8 Å². The van der Waals surface area contributed by atoms with E-state index in [2.05, 4.69) is 19.2 Å². The normalized spacial score (nSPS) is 25.5. The minimum atomic E-state index is 0.172. The number of hydrogen-bond acceptors (Lipinski definition) is 3. The van der Waals surface area contributed by atoms with Crippen molar-refractivity contribution in [2.45, 2.75) is 25.4 Å². The van der Waals surface area contributed by atoms with Crippen LogP contribution >= 0.6 is 46.3 Å². The van der Waals surface area contributed by atoms with Gasteiger partial charge in [-0.1, -0.05) is 23.2 Å². The zero-order valence-electron chi connectivity index (χ0n) is 8.64. The monoisotopic (exact) mass is 281 g/mol. The van der Waals surface area contributed by atoms with Crippen LogP contribution in [0.15, 0.2) is 6.07 Å². The quantitative estimate of drug-likeness (QED) is 0.828. The molecule has 1 fully saturated rings. The van der Waals surface area contributed by atoms with E-state index in [4.69, 9.17) is 23.2 Å². The van der Waals surface area contributed by atoms with Crippen LogP contribution in [0.1, 0.15) is 25.5 Å². The molecule has 1 saturated heterocycles. The Hall–Kier alpha value is 0.590. The Morgan fingerprint density at radius 1 is 1.47 bits per heavy atom. The summed E-state index contributed by atoms with van der Waals surface area (Å²) in [5.41, 5.74) is 1.32. The van der Waals surface area contributed by atoms with Crippen LogP contribution in [0.25, 0.3) is 0 Å². The Labute approximate surface area is 109 Å². The SMILES string of the molecule is CC1(C)CSCC(c2cc(Cl)sc2Cl)N1. The van der Waals surface area contributed by atoms with Crippen molar-refractivity contribution in [1.82, 2.24) is 5.32 Å². The van der Waals surface area contributed by atoms with Crippen LogP contribution in [-0.4, -0.2) is 17.0 Å². The third kappa shape index (κ3) is 2.83. The van der Waals surface area contributed by atoms with Crippen molar-refractivity contribution >= 4 is 46.3 Å². The lowest BCUT2D eigenvalue weighted by Gasteiger charge is -2.36. The standard InChI is InChI=1S/C10H13Cl2NS2/c1-10(2)5-14-4-7(13-10)6-3-8(11)15-9(6)12/h3,7,13H,4-5H2,1-2H3. The van der Waals surface area contributed by atoms with Gasteiger partial charge in [0.25, 0.3) is 0 Å². The first-order valence-corrected chi connectivity index (χ1v) is 7.51. The molecule has 1 aromatic heterocycles. The molecule has 0 aromatic carbocycles. The Morgan fingerprint density at radius 2 is 2.20 bits per heavy atom. The average molecular weight is 282 g/mol. The van der Waals surface area contributed by atoms with Crippen LogP contribution < -0.4 is 5.32 Å². The van der Waals surface area contributed by atoms with Crippen LogP contribution in [-0.2, 0) is 0 Å². The lowest BCUT2D eigenvalue weighted by atomic mass is 10.0. The maximum atomic E-state index is 6.16. The summed E-state index contributed by atoms with van der Waals surface area (Å²) in [6.45, 7) is 4.43. The molecule has 1 N–H and O–H groups in total. The van der Waals surface area contributed by atoms with Crippen LogP contribution in [0, 0.1) is 0 Å². The van der Waals surface area contributed by atoms with Gasteiger partial charge in [0.2, 0.25) is 0 Å². The molecule has 0 radical (unpaired) electrons. The van der Waals surface area contributed by atoms with Gasteiger partial charge in [-0.25, -0.2) is 0 Å². The van der Waals surface area contributed by atoms with E-state index in [-0.39, 0.29) is 5.54 Å². The fraction of sp³-hybridized carbons (Fsp3) is 0.600.